The summed E-state index contributed by atoms with van der Waals surface area (Å²) >= 11 is 0. The second kappa shape index (κ2) is 4.24. The molecule has 1 heterocycles. The molecular formula is C9H18OS. The van der Waals surface area contributed by atoms with Gasteiger partial charge >= 0.3 is 0 Å². The van der Waals surface area contributed by atoms with E-state index in [9.17, 15) is 4.21 Å². The van der Waals surface area contributed by atoms with Gasteiger partial charge in [-0.15, -0.1) is 0 Å². The van der Waals surface area contributed by atoms with E-state index in [1.54, 1.807) is 0 Å². The molecule has 0 bridgehead atoms. The topological polar surface area (TPSA) is 17.1 Å². The molecule has 1 rings (SSSR count). The molecule has 0 saturated carbocycles. The van der Waals surface area contributed by atoms with Gasteiger partial charge in [0.25, 0.3) is 0 Å². The number of hydrogen-bond donors (Lipinski definition) is 0. The van der Waals surface area contributed by atoms with Crippen LogP contribution in [-0.2, 0) is 10.8 Å². The van der Waals surface area contributed by atoms with Crippen molar-refractivity contribution < 1.29 is 4.21 Å². The van der Waals surface area contributed by atoms with Crippen LogP contribution in [0.2, 0.25) is 0 Å². The van der Waals surface area contributed by atoms with E-state index in [2.05, 4.69) is 13.8 Å². The summed E-state index contributed by atoms with van der Waals surface area (Å²) in [5.74, 6) is 1.72. The quantitative estimate of drug-likeness (QED) is 0.628. The van der Waals surface area contributed by atoms with Crippen LogP contribution in [0.5, 0.6) is 0 Å². The first-order valence-corrected chi connectivity index (χ1v) is 6.03. The minimum atomic E-state index is -0.508. The predicted octanol–water partition coefficient (Wildman–Crippen LogP) is 2.33. The second-order valence-corrected chi connectivity index (χ2v) is 5.19. The van der Waals surface area contributed by atoms with Gasteiger partial charge in [0.1, 0.15) is 0 Å². The molecule has 1 fully saturated rings. The molecule has 3 unspecified atom stereocenters. The van der Waals surface area contributed by atoms with Crippen LogP contribution < -0.4 is 0 Å². The number of hydrogen-bond acceptors (Lipinski definition) is 1. The van der Waals surface area contributed by atoms with E-state index in [-0.39, 0.29) is 0 Å². The lowest BCUT2D eigenvalue weighted by Crippen LogP contribution is -2.27. The SMILES string of the molecule is CCC1CCC(CC)S(=O)C1. The van der Waals surface area contributed by atoms with E-state index in [0.717, 1.165) is 18.1 Å². The van der Waals surface area contributed by atoms with Gasteiger partial charge in [0, 0.05) is 21.8 Å². The maximum atomic E-state index is 11.5. The third-order valence-corrected chi connectivity index (χ3v) is 4.81. The second-order valence-electron chi connectivity index (χ2n) is 3.43. The van der Waals surface area contributed by atoms with E-state index in [1.807, 2.05) is 0 Å². The molecule has 1 nitrogen and oxygen atoms in total. The Balaban J connectivity index is 2.41. The first kappa shape index (κ1) is 9.24. The van der Waals surface area contributed by atoms with E-state index in [1.165, 1.54) is 19.3 Å². The van der Waals surface area contributed by atoms with Crippen LogP contribution in [0.25, 0.3) is 0 Å². The van der Waals surface area contributed by atoms with Crippen molar-refractivity contribution in [3.63, 3.8) is 0 Å². The first-order chi connectivity index (χ1) is 5.27. The van der Waals surface area contributed by atoms with Crippen molar-refractivity contribution in [3.05, 3.63) is 0 Å². The van der Waals surface area contributed by atoms with E-state index in [4.69, 9.17) is 0 Å². The van der Waals surface area contributed by atoms with Gasteiger partial charge in [-0.1, -0.05) is 20.3 Å². The van der Waals surface area contributed by atoms with Gasteiger partial charge in [0.05, 0.1) is 0 Å². The zero-order chi connectivity index (χ0) is 8.27. The molecule has 0 N–H and O–H groups in total. The van der Waals surface area contributed by atoms with Crippen LogP contribution in [0.15, 0.2) is 0 Å². The van der Waals surface area contributed by atoms with Crippen LogP contribution in [0, 0.1) is 5.92 Å². The number of rotatable bonds is 2. The molecule has 0 aromatic rings. The molecule has 1 aliphatic heterocycles. The summed E-state index contributed by atoms with van der Waals surface area (Å²) in [6.45, 7) is 4.35. The minimum Gasteiger partial charge on any atom is -0.259 e. The average molecular weight is 174 g/mol. The summed E-state index contributed by atoms with van der Waals surface area (Å²) < 4.78 is 11.5. The van der Waals surface area contributed by atoms with Crippen molar-refractivity contribution in [2.75, 3.05) is 5.75 Å². The largest absolute Gasteiger partial charge is 0.259 e. The third-order valence-electron chi connectivity index (χ3n) is 2.70. The van der Waals surface area contributed by atoms with Crippen LogP contribution in [0.3, 0.4) is 0 Å². The zero-order valence-electron chi connectivity index (χ0n) is 7.51. The molecule has 2 heteroatoms. The summed E-state index contributed by atoms with van der Waals surface area (Å²) in [5.41, 5.74) is 0. The fraction of sp³-hybridized carbons (Fsp3) is 1.00. The van der Waals surface area contributed by atoms with Crippen molar-refractivity contribution in [3.8, 4) is 0 Å². The maximum absolute atomic E-state index is 11.5. The fourth-order valence-electron chi connectivity index (χ4n) is 1.72. The van der Waals surface area contributed by atoms with Crippen LogP contribution >= 0.6 is 0 Å². The van der Waals surface area contributed by atoms with Crippen molar-refractivity contribution in [2.24, 2.45) is 5.92 Å². The lowest BCUT2D eigenvalue weighted by atomic mass is 10.00. The molecule has 11 heavy (non-hydrogen) atoms. The Morgan fingerprint density at radius 3 is 2.45 bits per heavy atom. The molecule has 0 aromatic carbocycles. The lowest BCUT2D eigenvalue weighted by Gasteiger charge is -2.26. The molecule has 66 valence electrons. The minimum absolute atomic E-state index is 0.508. The van der Waals surface area contributed by atoms with Crippen molar-refractivity contribution >= 4 is 10.8 Å². The summed E-state index contributed by atoms with van der Waals surface area (Å²) in [5, 5.41) is 0.512. The monoisotopic (exact) mass is 174 g/mol. The smallest absolute Gasteiger partial charge is 0.0345 e. The van der Waals surface area contributed by atoms with E-state index < -0.39 is 10.8 Å². The summed E-state index contributed by atoms with van der Waals surface area (Å²) in [6, 6.07) is 0. The van der Waals surface area contributed by atoms with Crippen LogP contribution in [0.4, 0.5) is 0 Å². The molecule has 0 aromatic heterocycles. The molecule has 1 aliphatic rings. The van der Waals surface area contributed by atoms with E-state index >= 15 is 0 Å². The molecule has 0 spiro atoms. The van der Waals surface area contributed by atoms with Gasteiger partial charge in [-0.05, 0) is 25.2 Å². The van der Waals surface area contributed by atoms with Gasteiger partial charge in [-0.25, -0.2) is 0 Å². The predicted molar refractivity (Wildman–Crippen MR) is 50.1 cm³/mol. The Morgan fingerprint density at radius 2 is 2.00 bits per heavy atom. The summed E-state index contributed by atoms with van der Waals surface area (Å²) in [4.78, 5) is 0. The fourth-order valence-corrected chi connectivity index (χ4v) is 3.63. The molecule has 1 saturated heterocycles. The normalized spacial score (nSPS) is 38.9. The Kier molecular flexibility index (Phi) is 3.57. The van der Waals surface area contributed by atoms with Gasteiger partial charge in [-0.2, -0.15) is 0 Å². The highest BCUT2D eigenvalue weighted by Gasteiger charge is 2.24. The molecular weight excluding hydrogens is 156 g/mol. The molecule has 0 amide bonds. The van der Waals surface area contributed by atoms with Crippen molar-refractivity contribution in [1.82, 2.24) is 0 Å². The lowest BCUT2D eigenvalue weighted by molar-refractivity contribution is 0.461. The average Bonchev–Trinajstić information content (AvgIpc) is 2.04. The van der Waals surface area contributed by atoms with Crippen molar-refractivity contribution in [1.29, 1.82) is 0 Å². The Bertz CT molecular complexity index is 144. The van der Waals surface area contributed by atoms with Gasteiger partial charge in [-0.3, -0.25) is 4.21 Å². The Labute approximate surface area is 72.0 Å². The summed E-state index contributed by atoms with van der Waals surface area (Å²) in [6.07, 6.45) is 4.81. The van der Waals surface area contributed by atoms with Gasteiger partial charge in [0.15, 0.2) is 0 Å². The third kappa shape index (κ3) is 2.29. The van der Waals surface area contributed by atoms with Gasteiger partial charge < -0.3 is 0 Å². The standard InChI is InChI=1S/C9H18OS/c1-3-8-5-6-9(4-2)11(10)7-8/h8-9H,3-7H2,1-2H3. The highest BCUT2D eigenvalue weighted by Crippen LogP contribution is 2.25. The van der Waals surface area contributed by atoms with Crippen LogP contribution in [-0.4, -0.2) is 15.2 Å². The molecule has 3 atom stereocenters. The summed E-state index contributed by atoms with van der Waals surface area (Å²) in [7, 11) is -0.508. The van der Waals surface area contributed by atoms with E-state index in [0.29, 0.717) is 5.25 Å². The highest BCUT2D eigenvalue weighted by atomic mass is 32.2. The Morgan fingerprint density at radius 1 is 1.27 bits per heavy atom. The van der Waals surface area contributed by atoms with Crippen LogP contribution in [0.1, 0.15) is 39.5 Å². The first-order valence-electron chi connectivity index (χ1n) is 4.65. The zero-order valence-corrected chi connectivity index (χ0v) is 8.32. The molecule has 0 aliphatic carbocycles. The maximum Gasteiger partial charge on any atom is 0.0345 e. The van der Waals surface area contributed by atoms with Crippen molar-refractivity contribution in [2.45, 2.75) is 44.8 Å². The molecule has 0 radical (unpaired) electrons. The van der Waals surface area contributed by atoms with Gasteiger partial charge in [0.2, 0.25) is 0 Å². The highest BCUT2D eigenvalue weighted by molar-refractivity contribution is 7.85. The Hall–Kier alpha value is 0.150.